The maximum absolute atomic E-state index is 12.7. The molecule has 0 saturated carbocycles. The van der Waals surface area contributed by atoms with Gasteiger partial charge in [0.2, 0.25) is 11.8 Å². The van der Waals surface area contributed by atoms with Gasteiger partial charge in [-0.15, -0.1) is 0 Å². The zero-order chi connectivity index (χ0) is 85.7. The Morgan fingerprint density at radius 2 is 0.826 bits per heavy atom. The Bertz CT molecular complexity index is 4190. The zero-order valence-corrected chi connectivity index (χ0v) is 74.6. The van der Waals surface area contributed by atoms with Gasteiger partial charge in [-0.2, -0.15) is 15.3 Å². The Morgan fingerprint density at radius 3 is 1.17 bits per heavy atom. The first-order valence-corrected chi connectivity index (χ1v) is 44.4. The number of aromatic nitrogens is 4. The molecule has 2 amide bonds. The third-order valence-corrected chi connectivity index (χ3v) is 21.5. The van der Waals surface area contributed by atoms with Crippen molar-refractivity contribution in [1.82, 2.24) is 24.6 Å². The van der Waals surface area contributed by atoms with Crippen LogP contribution in [-0.4, -0.2) is 184 Å². The van der Waals surface area contributed by atoms with Gasteiger partial charge in [0, 0.05) is 54.1 Å². The van der Waals surface area contributed by atoms with Crippen molar-refractivity contribution in [2.24, 2.45) is 22.7 Å². The van der Waals surface area contributed by atoms with Gasteiger partial charge in [-0.1, -0.05) is 147 Å². The van der Waals surface area contributed by atoms with Crippen LogP contribution in [0.4, 0.5) is 4.79 Å². The molecule has 1 aliphatic rings. The van der Waals surface area contributed by atoms with Crippen molar-refractivity contribution in [1.29, 1.82) is 0 Å². The number of carbonyl (C=O) groups is 4. The first-order valence-electron chi connectivity index (χ1n) is 37.0. The minimum absolute atomic E-state index is 0.00724. The van der Waals surface area contributed by atoms with Crippen molar-refractivity contribution in [3.8, 4) is 47.3 Å². The van der Waals surface area contributed by atoms with Crippen LogP contribution in [0, 0.1) is 47.4 Å². The number of halogens is 6. The first-order chi connectivity index (χ1) is 54.7. The zero-order valence-electron chi connectivity index (χ0n) is 67.4. The fourth-order valence-corrected chi connectivity index (χ4v) is 16.3. The van der Waals surface area contributed by atoms with E-state index < -0.39 is 46.7 Å². The molecule has 638 valence electrons. The molecule has 5 aromatic rings. The number of carbonyl (C=O) groups excluding carboxylic acids is 4. The molecule has 29 nitrogen and oxygen atoms in total. The summed E-state index contributed by atoms with van der Waals surface area (Å²) < 4.78 is 113. The molecule has 0 radical (unpaired) electrons. The summed E-state index contributed by atoms with van der Waals surface area (Å²) in [4.78, 5) is 47.6. The lowest BCUT2D eigenvalue weighted by molar-refractivity contribution is -0.148. The average Bonchev–Trinajstić information content (AvgIpc) is 1.61. The number of aliphatic hydroxyl groups excluding tert-OH is 1. The molecule has 3 N–H and O–H groups in total. The van der Waals surface area contributed by atoms with Crippen LogP contribution in [-0.2, 0) is 116 Å². The number of aliphatic hydroxyl groups is 1. The van der Waals surface area contributed by atoms with Gasteiger partial charge in [-0.25, -0.2) is 19.2 Å². The topological polar surface area (TPSA) is 346 Å². The molecule has 3 aromatic carbocycles. The lowest BCUT2D eigenvalue weighted by Gasteiger charge is -2.15. The monoisotopic (exact) mass is 1780 g/mol. The predicted molar refractivity (Wildman–Crippen MR) is 444 cm³/mol. The fourth-order valence-electron chi connectivity index (χ4n) is 10.6. The van der Waals surface area contributed by atoms with E-state index in [-0.39, 0.29) is 148 Å². The van der Waals surface area contributed by atoms with Gasteiger partial charge in [-0.05, 0) is 151 Å². The van der Waals surface area contributed by atoms with Gasteiger partial charge < -0.3 is 75.9 Å². The van der Waals surface area contributed by atoms with Gasteiger partial charge in [0.25, 0.3) is 5.91 Å². The predicted octanol–water partition coefficient (Wildman–Crippen LogP) is 16.5. The van der Waals surface area contributed by atoms with Crippen molar-refractivity contribution in [2.45, 2.75) is 141 Å². The quantitative estimate of drug-likeness (QED) is 0.0120. The van der Waals surface area contributed by atoms with E-state index in [1.807, 2.05) is 65.8 Å². The third kappa shape index (κ3) is 39.0. The summed E-state index contributed by atoms with van der Waals surface area (Å²) in [5.41, 5.74) is 11.7. The molecule has 38 heteroatoms. The molecule has 1 unspecified atom stereocenters. The number of nitrogens with zero attached hydrogens (tertiary/aromatic N) is 6. The van der Waals surface area contributed by atoms with Crippen LogP contribution >= 0.6 is 92.4 Å². The molecule has 0 saturated heterocycles. The number of amides is 2. The number of hydrazone groups is 1. The molecule has 3 heterocycles. The number of rotatable bonds is 43. The standard InChI is InChI=1S/C26H35Cl2N2O7P.C25H34Cl2N3O7P.C17H20Cl2N2O3.C9H17O5P/c1-6-34-24(31)17-30-26(35-12-10-9-11-33-18-38(32,36-7-2)37-8-3)23(25(29-30)19(4)5)15-20-13-21(27)16-22(28)14-20;1-5-36-38(32,37-6-2)17-33-10-7-8-11-34-24-22(15-19-13-20(26)16-21(27)14-19)23(18(3)4)29-30(24)9-12-35-25(28)31;1-4-24-15(22)9-21-17(23)14(16(20-21)10(2)3)7-11-5-12(18)8-13(19)6-11;1-3-13-15(11,14-4-2)9-12-8-6-5-7-10/h13-14,16,19H,6-8,11-12,15,17-18H2,1-5H3;13-14,16,18H,5-6,9-12,15,17H2,1-4H3,(H2,28,31);5-6,8,10,14H,4,7,9H2,1-3H3;10H,3-4,7-9H2,1-2H3. The van der Waals surface area contributed by atoms with Gasteiger partial charge in [0.1, 0.15) is 65.2 Å². The number of primary amides is 1. The number of hydrogen-bond donors (Lipinski definition) is 2. The van der Waals surface area contributed by atoms with Crippen LogP contribution in [0.1, 0.15) is 148 Å². The highest BCUT2D eigenvalue weighted by Gasteiger charge is 2.38. The second-order valence-electron chi connectivity index (χ2n) is 24.9. The van der Waals surface area contributed by atoms with Crippen LogP contribution in [0.2, 0.25) is 30.1 Å². The van der Waals surface area contributed by atoms with E-state index in [0.29, 0.717) is 74.4 Å². The highest BCUT2D eigenvalue weighted by atomic mass is 35.5. The Kier molecular flexibility index (Phi) is 49.7. The van der Waals surface area contributed by atoms with Crippen molar-refractivity contribution in [3.05, 3.63) is 124 Å². The lowest BCUT2D eigenvalue weighted by Crippen LogP contribution is -2.34. The van der Waals surface area contributed by atoms with Gasteiger partial charge in [-0.3, -0.25) is 28.1 Å². The van der Waals surface area contributed by atoms with Crippen molar-refractivity contribution >= 4 is 122 Å². The normalized spacial score (nSPS) is 12.6. The SMILES string of the molecule is CCOC(=O)CN1N=C(C(C)C)C(Cc2cc(Cl)cc(Cl)c2)C1=O.CCOC(=O)Cn1nc(C(C)C)c(Cc2cc(Cl)cc(Cl)c2)c1OCC#CCOCP(=O)(OCC)OCC.CCOP(=O)(COCC#CCO)OCC.CCOP(=O)(COCC#CCOc1c(Cc2cc(Cl)cc(Cl)c2)c(C(C)C)nn1CCOC(N)=O)OCC. The van der Waals surface area contributed by atoms with Crippen LogP contribution in [0.5, 0.6) is 11.8 Å². The largest absolute Gasteiger partial charge is 0.465 e. The van der Waals surface area contributed by atoms with Crippen molar-refractivity contribution in [2.75, 3.05) is 125 Å². The van der Waals surface area contributed by atoms with Crippen molar-refractivity contribution in [3.63, 3.8) is 0 Å². The van der Waals surface area contributed by atoms with Crippen LogP contribution in [0.15, 0.2) is 59.7 Å². The fraction of sp³-hybridized carbons (Fsp3) is 0.545. The second kappa shape index (κ2) is 55.5. The molecule has 0 spiro atoms. The number of ether oxygens (including phenoxy) is 8. The number of benzene rings is 3. The summed E-state index contributed by atoms with van der Waals surface area (Å²) in [6.07, 6.45) is -0.0413. The molecule has 6 rings (SSSR count). The molecule has 1 atom stereocenters. The first kappa shape index (κ1) is 103. The van der Waals surface area contributed by atoms with E-state index in [9.17, 15) is 32.9 Å². The Labute approximate surface area is 704 Å². The summed E-state index contributed by atoms with van der Waals surface area (Å²) in [5.74, 6) is 15.9. The number of esters is 2. The van der Waals surface area contributed by atoms with Gasteiger partial charge >= 0.3 is 40.8 Å². The second-order valence-corrected chi connectivity index (χ2v) is 33.5. The summed E-state index contributed by atoms with van der Waals surface area (Å²) in [6.45, 7) is 27.9. The van der Waals surface area contributed by atoms with Crippen LogP contribution in [0.25, 0.3) is 0 Å². The molecular weight excluding hydrogens is 1680 g/mol. The molecule has 1 aliphatic heterocycles. The molecule has 2 aromatic heterocycles. The Hall–Kier alpha value is -6.26. The van der Waals surface area contributed by atoms with E-state index >= 15 is 0 Å². The van der Waals surface area contributed by atoms with Crippen LogP contribution < -0.4 is 15.2 Å². The number of hydrogen-bond acceptors (Lipinski definition) is 25. The summed E-state index contributed by atoms with van der Waals surface area (Å²) in [6, 6.07) is 15.8. The average molecular weight is 1790 g/mol. The van der Waals surface area contributed by atoms with Crippen molar-refractivity contribution < 1.29 is 103 Å². The van der Waals surface area contributed by atoms with E-state index in [1.54, 1.807) is 90.4 Å². The van der Waals surface area contributed by atoms with E-state index in [1.165, 1.54) is 9.69 Å². The summed E-state index contributed by atoms with van der Waals surface area (Å²) in [7, 11) is -9.72. The Morgan fingerprint density at radius 1 is 0.478 bits per heavy atom. The maximum atomic E-state index is 12.7. The summed E-state index contributed by atoms with van der Waals surface area (Å²) in [5, 5.41) is 26.4. The minimum atomic E-state index is -3.30. The third-order valence-electron chi connectivity index (χ3n) is 14.8. The Balaban J connectivity index is 0.000000418. The molecule has 115 heavy (non-hydrogen) atoms. The van der Waals surface area contributed by atoms with Gasteiger partial charge in [0.15, 0.2) is 13.2 Å². The van der Waals surface area contributed by atoms with E-state index in [2.05, 4.69) is 45.7 Å². The molecule has 0 bridgehead atoms. The highest BCUT2D eigenvalue weighted by molar-refractivity contribution is 7.54. The number of nitrogens with two attached hydrogens (primary N) is 1. The molecular formula is C77H106Cl6N7O22P3. The minimum Gasteiger partial charge on any atom is -0.465 e. The summed E-state index contributed by atoms with van der Waals surface area (Å²) >= 11 is 36.9. The molecule has 0 aliphatic carbocycles. The van der Waals surface area contributed by atoms with E-state index in [0.717, 1.165) is 44.9 Å². The van der Waals surface area contributed by atoms with E-state index in [4.69, 9.17) is 151 Å². The van der Waals surface area contributed by atoms with Crippen LogP contribution in [0.3, 0.4) is 0 Å². The lowest BCUT2D eigenvalue weighted by atomic mass is 9.89. The highest BCUT2D eigenvalue weighted by Crippen LogP contribution is 2.49. The van der Waals surface area contributed by atoms with Gasteiger partial charge in [0.05, 0.1) is 82.4 Å². The smallest absolute Gasteiger partial charge is 0.404 e. The maximum Gasteiger partial charge on any atom is 0.404 e. The molecule has 0 fully saturated rings.